The van der Waals surface area contributed by atoms with Crippen molar-refractivity contribution < 1.29 is 23.4 Å². The van der Waals surface area contributed by atoms with Crippen molar-refractivity contribution >= 4 is 41.0 Å². The van der Waals surface area contributed by atoms with Crippen molar-refractivity contribution in [3.05, 3.63) is 82.9 Å². The van der Waals surface area contributed by atoms with Gasteiger partial charge in [0.15, 0.2) is 0 Å². The average Bonchev–Trinajstić information content (AvgIpc) is 3.09. The number of rotatable bonds is 6. The van der Waals surface area contributed by atoms with Gasteiger partial charge in [0, 0.05) is 19.2 Å². The lowest BCUT2D eigenvalue weighted by atomic mass is 10.2. The SMILES string of the molecule is COC(=O)c1cccc(OCc2nc3ccc(Oc4ccc(F)c(Cl)c4)cc3n2C)c1.Cl. The van der Waals surface area contributed by atoms with Crippen molar-refractivity contribution in [3.63, 3.8) is 0 Å². The van der Waals surface area contributed by atoms with Gasteiger partial charge in [0.2, 0.25) is 0 Å². The zero-order valence-electron chi connectivity index (χ0n) is 17.2. The van der Waals surface area contributed by atoms with E-state index in [9.17, 15) is 9.18 Å². The highest BCUT2D eigenvalue weighted by molar-refractivity contribution is 6.30. The molecule has 4 aromatic rings. The van der Waals surface area contributed by atoms with E-state index in [2.05, 4.69) is 4.98 Å². The number of halogens is 3. The van der Waals surface area contributed by atoms with Gasteiger partial charge in [-0.15, -0.1) is 12.4 Å². The largest absolute Gasteiger partial charge is 0.486 e. The van der Waals surface area contributed by atoms with Crippen LogP contribution in [0.25, 0.3) is 11.0 Å². The number of hydrogen-bond acceptors (Lipinski definition) is 5. The molecule has 0 amide bonds. The molecule has 0 aliphatic carbocycles. The van der Waals surface area contributed by atoms with E-state index in [1.807, 2.05) is 23.7 Å². The maximum absolute atomic E-state index is 13.3. The van der Waals surface area contributed by atoms with Crippen molar-refractivity contribution in [3.8, 4) is 17.2 Å². The molecular weight excluding hydrogens is 458 g/mol. The third kappa shape index (κ3) is 4.95. The monoisotopic (exact) mass is 476 g/mol. The molecule has 0 saturated carbocycles. The zero-order valence-corrected chi connectivity index (χ0v) is 18.7. The Labute approximate surface area is 194 Å². The topological polar surface area (TPSA) is 62.6 Å². The number of nitrogens with zero attached hydrogens (tertiary/aromatic N) is 2. The van der Waals surface area contributed by atoms with Crippen LogP contribution < -0.4 is 9.47 Å². The molecule has 166 valence electrons. The fraction of sp³-hybridized carbons (Fsp3) is 0.130. The number of benzene rings is 3. The fourth-order valence-corrected chi connectivity index (χ4v) is 3.24. The highest BCUT2D eigenvalue weighted by Crippen LogP contribution is 2.29. The van der Waals surface area contributed by atoms with Gasteiger partial charge in [-0.3, -0.25) is 0 Å². The smallest absolute Gasteiger partial charge is 0.337 e. The normalized spacial score (nSPS) is 10.5. The van der Waals surface area contributed by atoms with E-state index in [1.54, 1.807) is 30.3 Å². The van der Waals surface area contributed by atoms with Crippen LogP contribution in [0.3, 0.4) is 0 Å². The molecule has 0 bridgehead atoms. The van der Waals surface area contributed by atoms with Gasteiger partial charge in [-0.1, -0.05) is 17.7 Å². The number of carbonyl (C=O) groups excluding carboxylic acids is 1. The van der Waals surface area contributed by atoms with Crippen molar-refractivity contribution in [1.82, 2.24) is 9.55 Å². The molecule has 0 spiro atoms. The fourth-order valence-electron chi connectivity index (χ4n) is 3.07. The lowest BCUT2D eigenvalue weighted by molar-refractivity contribution is 0.0600. The maximum Gasteiger partial charge on any atom is 0.337 e. The number of carbonyl (C=O) groups is 1. The first-order chi connectivity index (χ1) is 14.9. The van der Waals surface area contributed by atoms with Crippen molar-refractivity contribution in [2.24, 2.45) is 7.05 Å². The summed E-state index contributed by atoms with van der Waals surface area (Å²) in [5, 5.41) is -0.00480. The third-order valence-electron chi connectivity index (χ3n) is 4.69. The van der Waals surface area contributed by atoms with Gasteiger partial charge in [0.05, 0.1) is 28.7 Å². The van der Waals surface area contributed by atoms with E-state index < -0.39 is 11.8 Å². The number of fused-ring (bicyclic) bond motifs is 1. The van der Waals surface area contributed by atoms with Gasteiger partial charge in [-0.25, -0.2) is 14.2 Å². The van der Waals surface area contributed by atoms with Crippen LogP contribution in [0.5, 0.6) is 17.2 Å². The van der Waals surface area contributed by atoms with E-state index in [0.29, 0.717) is 28.6 Å². The quantitative estimate of drug-likeness (QED) is 0.322. The molecule has 0 N–H and O–H groups in total. The minimum atomic E-state index is -0.502. The molecule has 0 fully saturated rings. The predicted molar refractivity (Wildman–Crippen MR) is 122 cm³/mol. The summed E-state index contributed by atoms with van der Waals surface area (Å²) >= 11 is 5.82. The molecule has 1 heterocycles. The van der Waals surface area contributed by atoms with E-state index in [-0.39, 0.29) is 24.0 Å². The van der Waals surface area contributed by atoms with Crippen molar-refractivity contribution in [2.75, 3.05) is 7.11 Å². The summed E-state index contributed by atoms with van der Waals surface area (Å²) in [6, 6.07) is 16.4. The Balaban J connectivity index is 0.00000289. The number of aromatic nitrogens is 2. The van der Waals surface area contributed by atoms with Crippen LogP contribution in [0.4, 0.5) is 4.39 Å². The lowest BCUT2D eigenvalue weighted by Gasteiger charge is -2.08. The van der Waals surface area contributed by atoms with Crippen LogP contribution in [-0.4, -0.2) is 22.6 Å². The molecule has 4 rings (SSSR count). The number of aryl methyl sites for hydroxylation is 1. The van der Waals surface area contributed by atoms with E-state index >= 15 is 0 Å². The average molecular weight is 477 g/mol. The molecule has 32 heavy (non-hydrogen) atoms. The standard InChI is InChI=1S/C23H18ClFN2O4.ClH/c1-27-21-12-17(31-16-6-8-19(25)18(24)11-16)7-9-20(21)26-22(27)13-30-15-5-3-4-14(10-15)23(28)29-2;/h3-12H,13H2,1-2H3;1H. The summed E-state index contributed by atoms with van der Waals surface area (Å²) in [7, 11) is 3.20. The second-order valence-corrected chi connectivity index (χ2v) is 7.13. The number of ether oxygens (including phenoxy) is 3. The Morgan fingerprint density at radius 3 is 2.56 bits per heavy atom. The summed E-state index contributed by atoms with van der Waals surface area (Å²) in [6.45, 7) is 0.208. The molecule has 0 aliphatic heterocycles. The minimum absolute atomic E-state index is 0. The second-order valence-electron chi connectivity index (χ2n) is 6.72. The molecule has 3 aromatic carbocycles. The Kier molecular flexibility index (Phi) is 7.22. The Hall–Kier alpha value is -3.29. The van der Waals surface area contributed by atoms with E-state index in [1.165, 1.54) is 25.3 Å². The Morgan fingerprint density at radius 1 is 1.06 bits per heavy atom. The summed E-state index contributed by atoms with van der Waals surface area (Å²) in [4.78, 5) is 16.3. The van der Waals surface area contributed by atoms with Gasteiger partial charge in [-0.2, -0.15) is 0 Å². The van der Waals surface area contributed by atoms with E-state index in [0.717, 1.165) is 11.0 Å². The van der Waals surface area contributed by atoms with Gasteiger partial charge in [0.25, 0.3) is 0 Å². The van der Waals surface area contributed by atoms with Gasteiger partial charge >= 0.3 is 5.97 Å². The Morgan fingerprint density at radius 2 is 1.81 bits per heavy atom. The van der Waals surface area contributed by atoms with Crippen LogP contribution in [0.1, 0.15) is 16.2 Å². The van der Waals surface area contributed by atoms with Crippen LogP contribution in [0, 0.1) is 5.82 Å². The number of hydrogen-bond donors (Lipinski definition) is 0. The summed E-state index contributed by atoms with van der Waals surface area (Å²) in [5.74, 6) is 1.30. The lowest BCUT2D eigenvalue weighted by Crippen LogP contribution is -2.05. The number of esters is 1. The van der Waals surface area contributed by atoms with Crippen LogP contribution in [0.15, 0.2) is 60.7 Å². The number of methoxy groups -OCH3 is 1. The van der Waals surface area contributed by atoms with Crippen LogP contribution in [-0.2, 0) is 18.4 Å². The van der Waals surface area contributed by atoms with Crippen LogP contribution in [0.2, 0.25) is 5.02 Å². The zero-order chi connectivity index (χ0) is 22.0. The molecule has 0 radical (unpaired) electrons. The van der Waals surface area contributed by atoms with Gasteiger partial charge in [0.1, 0.15) is 35.5 Å². The first-order valence-electron chi connectivity index (χ1n) is 9.34. The summed E-state index contributed by atoms with van der Waals surface area (Å²) in [6.07, 6.45) is 0. The highest BCUT2D eigenvalue weighted by atomic mass is 35.5. The first kappa shape index (κ1) is 23.4. The summed E-state index contributed by atoms with van der Waals surface area (Å²) in [5.41, 5.74) is 2.02. The Bertz CT molecular complexity index is 1280. The molecule has 1 aromatic heterocycles. The van der Waals surface area contributed by atoms with Gasteiger partial charge in [-0.05, 0) is 42.5 Å². The maximum atomic E-state index is 13.3. The minimum Gasteiger partial charge on any atom is -0.486 e. The molecular formula is C23H19Cl2FN2O4. The van der Waals surface area contributed by atoms with Crippen molar-refractivity contribution in [1.29, 1.82) is 0 Å². The second kappa shape index (κ2) is 9.89. The number of imidazole rings is 1. The summed E-state index contributed by atoms with van der Waals surface area (Å²) < 4.78 is 31.6. The molecule has 6 nitrogen and oxygen atoms in total. The molecule has 0 saturated heterocycles. The van der Waals surface area contributed by atoms with Gasteiger partial charge < -0.3 is 18.8 Å². The highest BCUT2D eigenvalue weighted by Gasteiger charge is 2.12. The molecule has 9 heteroatoms. The first-order valence-corrected chi connectivity index (χ1v) is 9.72. The predicted octanol–water partition coefficient (Wildman–Crippen LogP) is 5.95. The van der Waals surface area contributed by atoms with Crippen molar-refractivity contribution in [2.45, 2.75) is 6.61 Å². The third-order valence-corrected chi connectivity index (χ3v) is 4.98. The molecule has 0 atom stereocenters. The molecule has 0 aliphatic rings. The van der Waals surface area contributed by atoms with Crippen LogP contribution >= 0.6 is 24.0 Å². The van der Waals surface area contributed by atoms with E-state index in [4.69, 9.17) is 25.8 Å². The molecule has 0 unspecified atom stereocenters.